The molecule has 1 aliphatic heterocycles. The number of hydrogen-bond acceptors (Lipinski definition) is 5. The fraction of sp³-hybridized carbons (Fsp3) is 0.706. The summed E-state index contributed by atoms with van der Waals surface area (Å²) in [6.45, 7) is 11.9. The van der Waals surface area contributed by atoms with Gasteiger partial charge in [0.05, 0.1) is 12.7 Å². The molecule has 0 radical (unpaired) electrons. The molecular formula is C17H29N3O2. The molecule has 1 aromatic rings. The Labute approximate surface area is 133 Å². The Morgan fingerprint density at radius 2 is 1.91 bits per heavy atom. The summed E-state index contributed by atoms with van der Waals surface area (Å²) in [5.74, 6) is 1.57. The molecule has 1 N–H and O–H groups in total. The normalized spacial score (nSPS) is 18.0. The van der Waals surface area contributed by atoms with Gasteiger partial charge in [0.1, 0.15) is 5.82 Å². The van der Waals surface area contributed by atoms with E-state index < -0.39 is 6.10 Å². The van der Waals surface area contributed by atoms with Crippen LogP contribution in [0, 0.1) is 12.8 Å². The molecule has 1 aliphatic rings. The van der Waals surface area contributed by atoms with E-state index in [2.05, 4.69) is 40.8 Å². The quantitative estimate of drug-likeness (QED) is 0.828. The number of aliphatic hydroxyl groups is 1. The number of hydrogen-bond donors (Lipinski definition) is 1. The molecule has 5 heteroatoms. The van der Waals surface area contributed by atoms with Gasteiger partial charge in [-0.3, -0.25) is 4.90 Å². The third-order valence-electron chi connectivity index (χ3n) is 3.80. The maximum Gasteiger partial charge on any atom is 0.128 e. The van der Waals surface area contributed by atoms with E-state index in [1.807, 2.05) is 13.0 Å². The molecule has 22 heavy (non-hydrogen) atoms. The molecule has 0 aliphatic carbocycles. The molecule has 5 nitrogen and oxygen atoms in total. The van der Waals surface area contributed by atoms with Crippen molar-refractivity contribution < 1.29 is 9.84 Å². The molecule has 0 saturated carbocycles. The topological polar surface area (TPSA) is 48.8 Å². The van der Waals surface area contributed by atoms with Gasteiger partial charge in [-0.05, 0) is 25.0 Å². The van der Waals surface area contributed by atoms with Gasteiger partial charge in [0.15, 0.2) is 0 Å². The van der Waals surface area contributed by atoms with Gasteiger partial charge in [-0.1, -0.05) is 19.9 Å². The summed E-state index contributed by atoms with van der Waals surface area (Å²) < 4.78 is 5.50. The summed E-state index contributed by atoms with van der Waals surface area (Å²) in [5, 5.41) is 10.0. The van der Waals surface area contributed by atoms with Crippen molar-refractivity contribution in [2.24, 2.45) is 5.92 Å². The summed E-state index contributed by atoms with van der Waals surface area (Å²) in [7, 11) is 0. The molecule has 2 rings (SSSR count). The van der Waals surface area contributed by atoms with Crippen LogP contribution >= 0.6 is 0 Å². The van der Waals surface area contributed by atoms with Crippen molar-refractivity contribution in [2.75, 3.05) is 50.8 Å². The Kier molecular flexibility index (Phi) is 6.61. The minimum Gasteiger partial charge on any atom is -0.389 e. The van der Waals surface area contributed by atoms with Gasteiger partial charge in [-0.25, -0.2) is 4.98 Å². The van der Waals surface area contributed by atoms with Gasteiger partial charge < -0.3 is 14.7 Å². The van der Waals surface area contributed by atoms with E-state index in [0.29, 0.717) is 25.7 Å². The number of pyridine rings is 1. The van der Waals surface area contributed by atoms with Crippen LogP contribution in [0.4, 0.5) is 5.82 Å². The van der Waals surface area contributed by atoms with Crippen molar-refractivity contribution >= 4 is 5.82 Å². The van der Waals surface area contributed by atoms with E-state index >= 15 is 0 Å². The first-order chi connectivity index (χ1) is 10.5. The van der Waals surface area contributed by atoms with E-state index in [-0.39, 0.29) is 0 Å². The lowest BCUT2D eigenvalue weighted by molar-refractivity contribution is 0.00745. The van der Waals surface area contributed by atoms with Gasteiger partial charge in [0.2, 0.25) is 0 Å². The van der Waals surface area contributed by atoms with Crippen LogP contribution in [-0.4, -0.2) is 67.0 Å². The number of ether oxygens (including phenoxy) is 1. The summed E-state index contributed by atoms with van der Waals surface area (Å²) >= 11 is 0. The number of rotatable bonds is 7. The van der Waals surface area contributed by atoms with Gasteiger partial charge >= 0.3 is 0 Å². The molecule has 1 saturated heterocycles. The fourth-order valence-corrected chi connectivity index (χ4v) is 2.65. The van der Waals surface area contributed by atoms with E-state index in [9.17, 15) is 5.11 Å². The van der Waals surface area contributed by atoms with Crippen LogP contribution in [0.15, 0.2) is 18.2 Å². The summed E-state index contributed by atoms with van der Waals surface area (Å²) in [4.78, 5) is 9.19. The molecule has 1 unspecified atom stereocenters. The van der Waals surface area contributed by atoms with E-state index in [4.69, 9.17) is 4.74 Å². The molecule has 0 amide bonds. The summed E-state index contributed by atoms with van der Waals surface area (Å²) in [6.07, 6.45) is -0.401. The first-order valence-corrected chi connectivity index (χ1v) is 8.21. The first kappa shape index (κ1) is 17.2. The second kappa shape index (κ2) is 8.46. The highest BCUT2D eigenvalue weighted by Gasteiger charge is 2.20. The number of nitrogens with zero attached hydrogens (tertiary/aromatic N) is 3. The zero-order valence-electron chi connectivity index (χ0n) is 14.0. The average Bonchev–Trinajstić information content (AvgIpc) is 2.47. The molecule has 0 spiro atoms. The number of aryl methyl sites for hydroxylation is 1. The highest BCUT2D eigenvalue weighted by molar-refractivity contribution is 5.39. The van der Waals surface area contributed by atoms with Gasteiger partial charge in [0.25, 0.3) is 0 Å². The number of piperazine rings is 1. The lowest BCUT2D eigenvalue weighted by Crippen LogP contribution is -2.49. The largest absolute Gasteiger partial charge is 0.389 e. The van der Waals surface area contributed by atoms with Crippen LogP contribution in [0.3, 0.4) is 0 Å². The van der Waals surface area contributed by atoms with Crippen molar-refractivity contribution in [3.63, 3.8) is 0 Å². The van der Waals surface area contributed by atoms with Crippen molar-refractivity contribution in [2.45, 2.75) is 26.9 Å². The molecule has 1 fully saturated rings. The Bertz CT molecular complexity index is 445. The van der Waals surface area contributed by atoms with Crippen molar-refractivity contribution in [1.82, 2.24) is 9.88 Å². The third kappa shape index (κ3) is 5.55. The molecular weight excluding hydrogens is 278 g/mol. The first-order valence-electron chi connectivity index (χ1n) is 8.21. The molecule has 1 atom stereocenters. The minimum absolute atomic E-state index is 0.401. The Balaban J connectivity index is 1.70. The lowest BCUT2D eigenvalue weighted by atomic mass is 10.2. The van der Waals surface area contributed by atoms with Crippen LogP contribution in [0.1, 0.15) is 19.5 Å². The Morgan fingerprint density at radius 1 is 1.18 bits per heavy atom. The Morgan fingerprint density at radius 3 is 2.55 bits per heavy atom. The van der Waals surface area contributed by atoms with E-state index in [1.54, 1.807) is 0 Å². The molecule has 124 valence electrons. The predicted molar refractivity (Wildman–Crippen MR) is 89.3 cm³/mol. The standard InChI is InChI=1S/C17H29N3O2/c1-14(2)12-22-13-16(21)11-19-7-9-20(10-8-19)17-6-4-5-15(3)18-17/h4-6,14,16,21H,7-13H2,1-3H3. The maximum absolute atomic E-state index is 10.0. The SMILES string of the molecule is Cc1cccc(N2CCN(CC(O)COCC(C)C)CC2)n1. The number of anilines is 1. The van der Waals surface area contributed by atoms with Crippen LogP contribution < -0.4 is 4.90 Å². The van der Waals surface area contributed by atoms with Crippen LogP contribution in [-0.2, 0) is 4.74 Å². The number of aromatic nitrogens is 1. The molecule has 0 aromatic carbocycles. The van der Waals surface area contributed by atoms with Crippen molar-refractivity contribution in [3.05, 3.63) is 23.9 Å². The molecule has 2 heterocycles. The summed E-state index contributed by atoms with van der Waals surface area (Å²) in [6, 6.07) is 6.14. The van der Waals surface area contributed by atoms with Crippen LogP contribution in [0.5, 0.6) is 0 Å². The van der Waals surface area contributed by atoms with E-state index in [1.165, 1.54) is 0 Å². The minimum atomic E-state index is -0.401. The van der Waals surface area contributed by atoms with Crippen molar-refractivity contribution in [1.29, 1.82) is 0 Å². The maximum atomic E-state index is 10.0. The highest BCUT2D eigenvalue weighted by Crippen LogP contribution is 2.14. The fourth-order valence-electron chi connectivity index (χ4n) is 2.65. The van der Waals surface area contributed by atoms with Crippen molar-refractivity contribution in [3.8, 4) is 0 Å². The van der Waals surface area contributed by atoms with Gasteiger partial charge in [-0.15, -0.1) is 0 Å². The predicted octanol–water partition coefficient (Wildman–Crippen LogP) is 1.55. The number of β-amino-alcohol motifs (C(OH)–C–C–N with tert-alkyl or cyclic N) is 1. The molecule has 1 aromatic heterocycles. The van der Waals surface area contributed by atoms with Gasteiger partial charge in [0, 0.05) is 45.0 Å². The second-order valence-electron chi connectivity index (χ2n) is 6.51. The monoisotopic (exact) mass is 307 g/mol. The highest BCUT2D eigenvalue weighted by atomic mass is 16.5. The number of aliphatic hydroxyl groups excluding tert-OH is 1. The second-order valence-corrected chi connectivity index (χ2v) is 6.51. The zero-order chi connectivity index (χ0) is 15.9. The average molecular weight is 307 g/mol. The van der Waals surface area contributed by atoms with Crippen LogP contribution in [0.25, 0.3) is 0 Å². The lowest BCUT2D eigenvalue weighted by Gasteiger charge is -2.36. The zero-order valence-corrected chi connectivity index (χ0v) is 14.0. The Hall–Kier alpha value is -1.17. The summed E-state index contributed by atoms with van der Waals surface area (Å²) in [5.41, 5.74) is 1.05. The molecule has 0 bridgehead atoms. The van der Waals surface area contributed by atoms with Crippen LogP contribution in [0.2, 0.25) is 0 Å². The van der Waals surface area contributed by atoms with Gasteiger partial charge in [-0.2, -0.15) is 0 Å². The smallest absolute Gasteiger partial charge is 0.128 e. The van der Waals surface area contributed by atoms with E-state index in [0.717, 1.165) is 37.7 Å². The third-order valence-corrected chi connectivity index (χ3v) is 3.80.